The van der Waals surface area contributed by atoms with Crippen molar-refractivity contribution >= 4 is 11.8 Å². The number of rotatable bonds is 5. The van der Waals surface area contributed by atoms with E-state index in [1.807, 2.05) is 67.3 Å². The van der Waals surface area contributed by atoms with Crippen LogP contribution in [-0.4, -0.2) is 42.0 Å². The fourth-order valence-corrected chi connectivity index (χ4v) is 3.45. The highest BCUT2D eigenvalue weighted by Crippen LogP contribution is 2.20. The van der Waals surface area contributed by atoms with Crippen LogP contribution in [0.4, 0.5) is 0 Å². The van der Waals surface area contributed by atoms with Crippen molar-refractivity contribution in [2.75, 3.05) is 13.1 Å². The molecule has 1 saturated heterocycles. The van der Waals surface area contributed by atoms with Gasteiger partial charge in [-0.3, -0.25) is 9.59 Å². The van der Waals surface area contributed by atoms with Crippen molar-refractivity contribution in [3.05, 3.63) is 71.8 Å². The zero-order valence-corrected chi connectivity index (χ0v) is 15.8. The molecule has 1 heterocycles. The molecule has 1 aliphatic rings. The van der Waals surface area contributed by atoms with Crippen LogP contribution < -0.4 is 5.32 Å². The molecule has 0 saturated carbocycles. The van der Waals surface area contributed by atoms with Gasteiger partial charge in [0.2, 0.25) is 5.91 Å². The largest absolute Gasteiger partial charge is 0.372 e. The second-order valence-electron chi connectivity index (χ2n) is 7.06. The second-order valence-corrected chi connectivity index (χ2v) is 7.06. The summed E-state index contributed by atoms with van der Waals surface area (Å²) in [5, 5.41) is 3.02. The van der Waals surface area contributed by atoms with Gasteiger partial charge in [-0.25, -0.2) is 0 Å². The first-order valence-electron chi connectivity index (χ1n) is 9.37. The Labute approximate surface area is 160 Å². The Hall–Kier alpha value is -2.66. The second kappa shape index (κ2) is 8.82. The van der Waals surface area contributed by atoms with Gasteiger partial charge < -0.3 is 15.0 Å². The highest BCUT2D eigenvalue weighted by molar-refractivity contribution is 5.94. The van der Waals surface area contributed by atoms with E-state index >= 15 is 0 Å². The van der Waals surface area contributed by atoms with Crippen LogP contribution in [0.2, 0.25) is 0 Å². The van der Waals surface area contributed by atoms with E-state index in [-0.39, 0.29) is 36.5 Å². The Bertz CT molecular complexity index is 754. The average molecular weight is 366 g/mol. The monoisotopic (exact) mass is 366 g/mol. The molecule has 0 bridgehead atoms. The van der Waals surface area contributed by atoms with E-state index in [9.17, 15) is 9.59 Å². The minimum atomic E-state index is -0.375. The fourth-order valence-electron chi connectivity index (χ4n) is 3.45. The number of nitrogens with one attached hydrogen (secondary N) is 1. The topological polar surface area (TPSA) is 58.6 Å². The van der Waals surface area contributed by atoms with E-state index in [2.05, 4.69) is 5.32 Å². The van der Waals surface area contributed by atoms with Gasteiger partial charge in [-0.15, -0.1) is 0 Å². The number of carbonyl (C=O) groups excluding carboxylic acids is 2. The first kappa shape index (κ1) is 19.1. The van der Waals surface area contributed by atoms with Crippen LogP contribution in [-0.2, 0) is 9.53 Å². The van der Waals surface area contributed by atoms with Crippen LogP contribution in [0.5, 0.6) is 0 Å². The fraction of sp³-hybridized carbons (Fsp3) is 0.364. The Morgan fingerprint density at radius 2 is 1.56 bits per heavy atom. The molecule has 3 unspecified atom stereocenters. The number of ether oxygens (including phenoxy) is 1. The Balaban J connectivity index is 1.74. The summed E-state index contributed by atoms with van der Waals surface area (Å²) in [7, 11) is 0. The molecule has 0 radical (unpaired) electrons. The molecular weight excluding hydrogens is 340 g/mol. The van der Waals surface area contributed by atoms with Gasteiger partial charge in [0.05, 0.1) is 24.7 Å². The molecule has 2 aromatic carbocycles. The Morgan fingerprint density at radius 3 is 2.15 bits per heavy atom. The lowest BCUT2D eigenvalue weighted by atomic mass is 10.0. The number of nitrogens with zero attached hydrogens (tertiary/aromatic N) is 1. The lowest BCUT2D eigenvalue weighted by Crippen LogP contribution is -2.49. The van der Waals surface area contributed by atoms with Crippen molar-refractivity contribution in [2.45, 2.75) is 38.5 Å². The van der Waals surface area contributed by atoms with Crippen molar-refractivity contribution in [2.24, 2.45) is 0 Å². The van der Waals surface area contributed by atoms with Crippen LogP contribution in [0.25, 0.3) is 0 Å². The summed E-state index contributed by atoms with van der Waals surface area (Å²) in [6, 6.07) is 18.3. The lowest BCUT2D eigenvalue weighted by molar-refractivity contribution is -0.143. The van der Waals surface area contributed by atoms with E-state index in [4.69, 9.17) is 4.74 Å². The molecule has 5 heteroatoms. The van der Waals surface area contributed by atoms with Crippen molar-refractivity contribution in [3.63, 3.8) is 0 Å². The SMILES string of the molecule is CC1CN(C(=O)CC(NC(=O)c2ccccc2)c2ccccc2)CC(C)O1. The van der Waals surface area contributed by atoms with Gasteiger partial charge in [0.15, 0.2) is 0 Å². The summed E-state index contributed by atoms with van der Waals surface area (Å²) >= 11 is 0. The minimum absolute atomic E-state index is 0.0202. The predicted octanol–water partition coefficient (Wildman–Crippen LogP) is 3.18. The third-order valence-corrected chi connectivity index (χ3v) is 4.69. The van der Waals surface area contributed by atoms with Crippen molar-refractivity contribution < 1.29 is 14.3 Å². The van der Waals surface area contributed by atoms with Crippen molar-refractivity contribution in [1.82, 2.24) is 10.2 Å². The molecule has 0 aromatic heterocycles. The smallest absolute Gasteiger partial charge is 0.251 e. The molecule has 1 aliphatic heterocycles. The molecular formula is C22H26N2O3. The molecule has 3 rings (SSSR count). The summed E-state index contributed by atoms with van der Waals surface area (Å²) in [6.07, 6.45) is 0.265. The number of hydrogen-bond donors (Lipinski definition) is 1. The van der Waals surface area contributed by atoms with Gasteiger partial charge >= 0.3 is 0 Å². The summed E-state index contributed by atoms with van der Waals surface area (Å²) < 4.78 is 5.71. The number of amides is 2. The Kier molecular flexibility index (Phi) is 6.24. The lowest BCUT2D eigenvalue weighted by Gasteiger charge is -2.36. The molecule has 1 N–H and O–H groups in total. The zero-order chi connectivity index (χ0) is 19.2. The van der Waals surface area contributed by atoms with E-state index in [1.165, 1.54) is 0 Å². The summed E-state index contributed by atoms with van der Waals surface area (Å²) in [6.45, 7) is 5.11. The quantitative estimate of drug-likeness (QED) is 0.884. The van der Waals surface area contributed by atoms with Crippen LogP contribution >= 0.6 is 0 Å². The van der Waals surface area contributed by atoms with Gasteiger partial charge in [-0.1, -0.05) is 48.5 Å². The number of benzene rings is 2. The standard InChI is InChI=1S/C22H26N2O3/c1-16-14-24(15-17(2)27-16)21(25)13-20(18-9-5-3-6-10-18)23-22(26)19-11-7-4-8-12-19/h3-12,16-17,20H,13-15H2,1-2H3,(H,23,26). The van der Waals surface area contributed by atoms with Gasteiger partial charge in [-0.2, -0.15) is 0 Å². The third kappa shape index (κ3) is 5.17. The third-order valence-electron chi connectivity index (χ3n) is 4.69. The van der Waals surface area contributed by atoms with E-state index in [1.54, 1.807) is 12.1 Å². The van der Waals surface area contributed by atoms with Gasteiger partial charge in [0, 0.05) is 18.7 Å². The van der Waals surface area contributed by atoms with Crippen LogP contribution in [0.3, 0.4) is 0 Å². The zero-order valence-electron chi connectivity index (χ0n) is 15.8. The van der Waals surface area contributed by atoms with E-state index in [0.29, 0.717) is 18.7 Å². The maximum atomic E-state index is 12.9. The highest BCUT2D eigenvalue weighted by Gasteiger charge is 2.28. The molecule has 0 aliphatic carbocycles. The van der Waals surface area contributed by atoms with Crippen molar-refractivity contribution in [3.8, 4) is 0 Å². The first-order chi connectivity index (χ1) is 13.0. The Morgan fingerprint density at radius 1 is 1.00 bits per heavy atom. The number of morpholine rings is 1. The molecule has 142 valence electrons. The molecule has 2 aromatic rings. The molecule has 0 spiro atoms. The van der Waals surface area contributed by atoms with Crippen LogP contribution in [0.1, 0.15) is 42.2 Å². The van der Waals surface area contributed by atoms with E-state index < -0.39 is 0 Å². The van der Waals surface area contributed by atoms with Crippen LogP contribution in [0, 0.1) is 0 Å². The molecule has 3 atom stereocenters. The van der Waals surface area contributed by atoms with Gasteiger partial charge in [0.25, 0.3) is 5.91 Å². The minimum Gasteiger partial charge on any atom is -0.372 e. The van der Waals surface area contributed by atoms with E-state index in [0.717, 1.165) is 5.56 Å². The van der Waals surface area contributed by atoms with Gasteiger partial charge in [0.1, 0.15) is 0 Å². The maximum Gasteiger partial charge on any atom is 0.251 e. The first-order valence-corrected chi connectivity index (χ1v) is 9.37. The van der Waals surface area contributed by atoms with Gasteiger partial charge in [-0.05, 0) is 31.5 Å². The number of carbonyl (C=O) groups is 2. The maximum absolute atomic E-state index is 12.9. The number of hydrogen-bond acceptors (Lipinski definition) is 3. The summed E-state index contributed by atoms with van der Waals surface area (Å²) in [4.78, 5) is 27.4. The van der Waals surface area contributed by atoms with Crippen LogP contribution in [0.15, 0.2) is 60.7 Å². The molecule has 27 heavy (non-hydrogen) atoms. The summed E-state index contributed by atoms with van der Waals surface area (Å²) in [5.41, 5.74) is 1.50. The predicted molar refractivity (Wildman–Crippen MR) is 104 cm³/mol. The summed E-state index contributed by atoms with van der Waals surface area (Å²) in [5.74, 6) is -0.153. The molecule has 2 amide bonds. The molecule has 1 fully saturated rings. The molecule has 5 nitrogen and oxygen atoms in total. The van der Waals surface area contributed by atoms with Crippen molar-refractivity contribution in [1.29, 1.82) is 0 Å². The highest BCUT2D eigenvalue weighted by atomic mass is 16.5. The average Bonchev–Trinajstić information content (AvgIpc) is 2.68. The normalized spacial score (nSPS) is 20.7.